The fraction of sp³-hybridized carbons (Fsp3) is 0.222. The Labute approximate surface area is 149 Å². The first kappa shape index (κ1) is 18.0. The van der Waals surface area contributed by atoms with E-state index in [2.05, 4.69) is 21.2 Å². The van der Waals surface area contributed by atoms with Gasteiger partial charge in [-0.3, -0.25) is 4.79 Å². The molecule has 0 aliphatic carbocycles. The third kappa shape index (κ3) is 6.04. The number of carbonyl (C=O) groups excluding carboxylic acids is 2. The van der Waals surface area contributed by atoms with Crippen LogP contribution >= 0.6 is 15.9 Å². The lowest BCUT2D eigenvalue weighted by atomic mass is 10.2. The van der Waals surface area contributed by atoms with Gasteiger partial charge in [0, 0.05) is 12.1 Å². The molecule has 6 heteroatoms. The van der Waals surface area contributed by atoms with Gasteiger partial charge in [0.2, 0.25) is 0 Å². The maximum Gasteiger partial charge on any atom is 0.407 e. The Morgan fingerprint density at radius 2 is 1.96 bits per heavy atom. The van der Waals surface area contributed by atoms with Gasteiger partial charge in [-0.2, -0.15) is 0 Å². The number of amides is 1. The Bertz CT molecular complexity index is 676. The largest absolute Gasteiger partial charge is 0.492 e. The summed E-state index contributed by atoms with van der Waals surface area (Å²) in [6, 6.07) is 14.6. The van der Waals surface area contributed by atoms with E-state index in [0.29, 0.717) is 30.9 Å². The predicted molar refractivity (Wildman–Crippen MR) is 94.3 cm³/mol. The van der Waals surface area contributed by atoms with Crippen LogP contribution in [0.4, 0.5) is 4.79 Å². The minimum atomic E-state index is -0.449. The van der Waals surface area contributed by atoms with Crippen molar-refractivity contribution in [1.82, 2.24) is 5.32 Å². The first-order valence-corrected chi connectivity index (χ1v) is 8.30. The highest BCUT2D eigenvalue weighted by atomic mass is 79.9. The van der Waals surface area contributed by atoms with Crippen molar-refractivity contribution >= 4 is 28.3 Å². The number of nitrogens with one attached hydrogen (secondary N) is 1. The molecule has 0 heterocycles. The second-order valence-electron chi connectivity index (χ2n) is 5.00. The lowest BCUT2D eigenvalue weighted by molar-refractivity contribution is 0.112. The predicted octanol–water partition coefficient (Wildman–Crippen LogP) is 3.96. The van der Waals surface area contributed by atoms with Crippen LogP contribution in [0.5, 0.6) is 5.75 Å². The zero-order valence-electron chi connectivity index (χ0n) is 13.0. The van der Waals surface area contributed by atoms with Crippen LogP contribution in [-0.2, 0) is 11.3 Å². The van der Waals surface area contributed by atoms with Crippen LogP contribution in [0.3, 0.4) is 0 Å². The van der Waals surface area contributed by atoms with Gasteiger partial charge in [0.1, 0.15) is 18.6 Å². The van der Waals surface area contributed by atoms with E-state index in [1.807, 2.05) is 30.3 Å². The van der Waals surface area contributed by atoms with Gasteiger partial charge in [-0.1, -0.05) is 30.3 Å². The van der Waals surface area contributed by atoms with Crippen LogP contribution in [0.25, 0.3) is 0 Å². The molecule has 0 saturated heterocycles. The van der Waals surface area contributed by atoms with Crippen molar-refractivity contribution in [3.63, 3.8) is 0 Å². The van der Waals surface area contributed by atoms with Gasteiger partial charge >= 0.3 is 6.09 Å². The molecule has 1 N–H and O–H groups in total. The molecule has 0 unspecified atom stereocenters. The van der Waals surface area contributed by atoms with Gasteiger partial charge < -0.3 is 14.8 Å². The van der Waals surface area contributed by atoms with Crippen molar-refractivity contribution in [2.45, 2.75) is 13.0 Å². The zero-order chi connectivity index (χ0) is 17.2. The maximum absolute atomic E-state index is 11.6. The SMILES string of the molecule is O=Cc1ccc(OCCCNC(=O)OCc2ccccc2)c(Br)c1. The van der Waals surface area contributed by atoms with Crippen molar-refractivity contribution in [3.05, 3.63) is 64.1 Å². The van der Waals surface area contributed by atoms with Crippen LogP contribution in [-0.4, -0.2) is 25.5 Å². The summed E-state index contributed by atoms with van der Waals surface area (Å²) in [5.74, 6) is 0.659. The van der Waals surface area contributed by atoms with Crippen molar-refractivity contribution < 1.29 is 19.1 Å². The van der Waals surface area contributed by atoms with E-state index in [-0.39, 0.29) is 6.61 Å². The summed E-state index contributed by atoms with van der Waals surface area (Å²) < 4.78 is 11.4. The minimum Gasteiger partial charge on any atom is -0.492 e. The van der Waals surface area contributed by atoms with Crippen LogP contribution in [0.15, 0.2) is 53.0 Å². The zero-order valence-corrected chi connectivity index (χ0v) is 14.6. The Morgan fingerprint density at radius 1 is 1.17 bits per heavy atom. The molecule has 0 bridgehead atoms. The van der Waals surface area contributed by atoms with Gasteiger partial charge in [-0.25, -0.2) is 4.79 Å². The Balaban J connectivity index is 1.61. The molecule has 0 aliphatic heterocycles. The van der Waals surface area contributed by atoms with E-state index in [9.17, 15) is 9.59 Å². The lowest BCUT2D eigenvalue weighted by Crippen LogP contribution is -2.26. The summed E-state index contributed by atoms with van der Waals surface area (Å²) in [6.45, 7) is 1.15. The summed E-state index contributed by atoms with van der Waals surface area (Å²) in [4.78, 5) is 22.2. The third-order valence-electron chi connectivity index (χ3n) is 3.15. The van der Waals surface area contributed by atoms with Crippen LogP contribution in [0, 0.1) is 0 Å². The van der Waals surface area contributed by atoms with Crippen molar-refractivity contribution in [3.8, 4) is 5.75 Å². The van der Waals surface area contributed by atoms with Crippen molar-refractivity contribution in [2.24, 2.45) is 0 Å². The lowest BCUT2D eigenvalue weighted by Gasteiger charge is -2.09. The molecule has 0 atom stereocenters. The van der Waals surface area contributed by atoms with Crippen LogP contribution in [0.1, 0.15) is 22.3 Å². The van der Waals surface area contributed by atoms with E-state index in [4.69, 9.17) is 9.47 Å². The summed E-state index contributed by atoms with van der Waals surface area (Å²) in [7, 11) is 0. The third-order valence-corrected chi connectivity index (χ3v) is 3.77. The molecule has 5 nitrogen and oxygen atoms in total. The molecule has 24 heavy (non-hydrogen) atoms. The number of hydrogen-bond acceptors (Lipinski definition) is 4. The topological polar surface area (TPSA) is 64.6 Å². The fourth-order valence-electron chi connectivity index (χ4n) is 1.93. The standard InChI is InChI=1S/C18H18BrNO4/c19-16-11-15(12-21)7-8-17(16)23-10-4-9-20-18(22)24-13-14-5-2-1-3-6-14/h1-3,5-8,11-12H,4,9-10,13H2,(H,20,22). The van der Waals surface area contributed by atoms with Gasteiger partial charge in [0.25, 0.3) is 0 Å². The number of hydrogen-bond donors (Lipinski definition) is 1. The minimum absolute atomic E-state index is 0.249. The molecule has 2 rings (SSSR count). The number of aldehydes is 1. The van der Waals surface area contributed by atoms with E-state index in [1.54, 1.807) is 18.2 Å². The average Bonchev–Trinajstić information content (AvgIpc) is 2.61. The quantitative estimate of drug-likeness (QED) is 0.546. The average molecular weight is 392 g/mol. The normalized spacial score (nSPS) is 10.0. The van der Waals surface area contributed by atoms with E-state index in [0.717, 1.165) is 16.3 Å². The number of carbonyl (C=O) groups is 2. The fourth-order valence-corrected chi connectivity index (χ4v) is 2.44. The van der Waals surface area contributed by atoms with E-state index in [1.165, 1.54) is 0 Å². The maximum atomic E-state index is 11.6. The number of rotatable bonds is 8. The number of alkyl carbamates (subject to hydrolysis) is 1. The number of benzene rings is 2. The summed E-state index contributed by atoms with van der Waals surface area (Å²) in [6.07, 6.45) is 0.970. The van der Waals surface area contributed by atoms with E-state index >= 15 is 0 Å². The highest BCUT2D eigenvalue weighted by molar-refractivity contribution is 9.10. The summed E-state index contributed by atoms with van der Waals surface area (Å²) in [5, 5.41) is 2.67. The van der Waals surface area contributed by atoms with Crippen LogP contribution < -0.4 is 10.1 Å². The summed E-state index contributed by atoms with van der Waals surface area (Å²) >= 11 is 3.35. The monoisotopic (exact) mass is 391 g/mol. The number of ether oxygens (including phenoxy) is 2. The van der Waals surface area contributed by atoms with E-state index < -0.39 is 6.09 Å². The first-order valence-electron chi connectivity index (χ1n) is 7.51. The molecule has 0 fully saturated rings. The van der Waals surface area contributed by atoms with Gasteiger partial charge in [-0.15, -0.1) is 0 Å². The number of halogens is 1. The molecule has 126 valence electrons. The van der Waals surface area contributed by atoms with Crippen molar-refractivity contribution in [2.75, 3.05) is 13.2 Å². The molecule has 1 amide bonds. The molecule has 2 aromatic carbocycles. The van der Waals surface area contributed by atoms with Crippen LogP contribution in [0.2, 0.25) is 0 Å². The smallest absolute Gasteiger partial charge is 0.407 e. The second kappa shape index (κ2) is 9.72. The molecule has 0 aliphatic rings. The van der Waals surface area contributed by atoms with Gasteiger partial charge in [0.15, 0.2) is 0 Å². The molecular formula is C18H18BrNO4. The Hall–Kier alpha value is -2.34. The van der Waals surface area contributed by atoms with Crippen molar-refractivity contribution in [1.29, 1.82) is 0 Å². The first-order chi connectivity index (χ1) is 11.7. The second-order valence-corrected chi connectivity index (χ2v) is 5.85. The van der Waals surface area contributed by atoms with Gasteiger partial charge in [-0.05, 0) is 46.1 Å². The molecule has 2 aromatic rings. The Kier molecular flexibility index (Phi) is 7.29. The van der Waals surface area contributed by atoms with Gasteiger partial charge in [0.05, 0.1) is 11.1 Å². The highest BCUT2D eigenvalue weighted by Gasteiger charge is 2.04. The Morgan fingerprint density at radius 3 is 2.67 bits per heavy atom. The molecule has 0 aromatic heterocycles. The molecular weight excluding hydrogens is 374 g/mol. The highest BCUT2D eigenvalue weighted by Crippen LogP contribution is 2.25. The molecule has 0 spiro atoms. The molecule has 0 saturated carbocycles. The molecule has 0 radical (unpaired) electrons. The summed E-state index contributed by atoms with van der Waals surface area (Å²) in [5.41, 5.74) is 1.52.